The smallest absolute Gasteiger partial charge is 0.177 e. The predicted molar refractivity (Wildman–Crippen MR) is 74.6 cm³/mol. The monoisotopic (exact) mass is 301 g/mol. The lowest BCUT2D eigenvalue weighted by Gasteiger charge is -2.10. The van der Waals surface area contributed by atoms with Gasteiger partial charge in [-0.15, -0.1) is 12.4 Å². The lowest BCUT2D eigenvalue weighted by atomic mass is 10.5. The van der Waals surface area contributed by atoms with Crippen LogP contribution in [-0.2, 0) is 4.74 Å². The summed E-state index contributed by atoms with van der Waals surface area (Å²) in [6, 6.07) is 0. The van der Waals surface area contributed by atoms with Gasteiger partial charge in [-0.2, -0.15) is 5.10 Å². The van der Waals surface area contributed by atoms with Crippen LogP contribution in [0, 0.1) is 3.95 Å². The molecular weight excluding hydrogens is 286 g/mol. The van der Waals surface area contributed by atoms with Gasteiger partial charge in [0.25, 0.3) is 0 Å². The number of aromatic amines is 1. The van der Waals surface area contributed by atoms with E-state index in [1.54, 1.807) is 11.8 Å². The van der Waals surface area contributed by atoms with Crippen LogP contribution in [0.4, 0.5) is 0 Å². The average Bonchev–Trinajstić information content (AvgIpc) is 2.68. The molecule has 0 aliphatic carbocycles. The summed E-state index contributed by atoms with van der Waals surface area (Å²) in [4.78, 5) is 0. The first-order chi connectivity index (χ1) is 7.33. The average molecular weight is 302 g/mol. The zero-order chi connectivity index (χ0) is 10.9. The zero-order valence-corrected chi connectivity index (χ0v) is 12.3. The first-order valence-electron chi connectivity index (χ1n) is 4.79. The molecule has 1 saturated heterocycles. The van der Waals surface area contributed by atoms with Crippen molar-refractivity contribution in [2.24, 2.45) is 0 Å². The SMILES string of the molecule is C1COCCN1.CCSc1n[nH]c(=S)s1.Cl. The van der Waals surface area contributed by atoms with E-state index in [9.17, 15) is 0 Å². The summed E-state index contributed by atoms with van der Waals surface area (Å²) in [5, 5.41) is 9.83. The lowest BCUT2D eigenvalue weighted by Crippen LogP contribution is -2.30. The molecule has 8 heteroatoms. The molecule has 0 unspecified atom stereocenters. The molecule has 2 heterocycles. The Morgan fingerprint density at radius 2 is 2.19 bits per heavy atom. The Morgan fingerprint density at radius 1 is 1.50 bits per heavy atom. The Balaban J connectivity index is 0.000000283. The van der Waals surface area contributed by atoms with Crippen molar-refractivity contribution in [3.8, 4) is 0 Å². The Hall–Kier alpha value is 0.340. The Labute approximate surface area is 115 Å². The molecule has 0 spiro atoms. The molecule has 1 aliphatic heterocycles. The third-order valence-corrected chi connectivity index (χ3v) is 3.65. The van der Waals surface area contributed by atoms with E-state index in [2.05, 4.69) is 22.4 Å². The maximum Gasteiger partial charge on any atom is 0.177 e. The van der Waals surface area contributed by atoms with Crippen molar-refractivity contribution in [2.45, 2.75) is 11.3 Å². The molecule has 2 rings (SSSR count). The van der Waals surface area contributed by atoms with E-state index in [1.807, 2.05) is 0 Å². The van der Waals surface area contributed by atoms with Crippen molar-refractivity contribution in [3.63, 3.8) is 0 Å². The van der Waals surface area contributed by atoms with Crippen molar-refractivity contribution in [1.82, 2.24) is 15.5 Å². The number of thioether (sulfide) groups is 1. The quantitative estimate of drug-likeness (QED) is 0.649. The molecule has 0 aromatic carbocycles. The summed E-state index contributed by atoms with van der Waals surface area (Å²) in [7, 11) is 0. The van der Waals surface area contributed by atoms with Gasteiger partial charge in [-0.3, -0.25) is 5.10 Å². The summed E-state index contributed by atoms with van der Waals surface area (Å²) >= 11 is 8.06. The molecule has 1 aromatic heterocycles. The Bertz CT molecular complexity index is 302. The molecule has 16 heavy (non-hydrogen) atoms. The van der Waals surface area contributed by atoms with Crippen LogP contribution >= 0.6 is 47.7 Å². The molecule has 1 fully saturated rings. The van der Waals surface area contributed by atoms with Gasteiger partial charge >= 0.3 is 0 Å². The second-order valence-corrected chi connectivity index (χ2v) is 5.85. The number of aromatic nitrogens is 2. The fraction of sp³-hybridized carbons (Fsp3) is 0.750. The molecule has 4 nitrogen and oxygen atoms in total. The van der Waals surface area contributed by atoms with Gasteiger partial charge in [0.1, 0.15) is 0 Å². The summed E-state index contributed by atoms with van der Waals surface area (Å²) in [6.07, 6.45) is 0. The van der Waals surface area contributed by atoms with Gasteiger partial charge in [0.15, 0.2) is 8.29 Å². The molecule has 94 valence electrons. The topological polar surface area (TPSA) is 49.9 Å². The van der Waals surface area contributed by atoms with E-state index in [1.165, 1.54) is 11.3 Å². The number of H-pyrrole nitrogens is 1. The predicted octanol–water partition coefficient (Wildman–Crippen LogP) is 2.34. The van der Waals surface area contributed by atoms with Crippen molar-refractivity contribution >= 4 is 47.7 Å². The first-order valence-corrected chi connectivity index (χ1v) is 7.00. The van der Waals surface area contributed by atoms with Crippen LogP contribution in [0.5, 0.6) is 0 Å². The normalized spacial score (nSPS) is 14.6. The number of hydrogen-bond acceptors (Lipinski definition) is 6. The molecule has 1 aromatic rings. The van der Waals surface area contributed by atoms with Crippen LogP contribution in [0.2, 0.25) is 0 Å². The fourth-order valence-electron chi connectivity index (χ4n) is 0.917. The standard InChI is InChI=1S/C4H6N2S3.C4H9NO.ClH/c1-2-8-4-6-5-3(7)9-4;1-3-6-4-2-5-1;/h2H2,1H3,(H,5,7);5H,1-4H2;1H. The van der Waals surface area contributed by atoms with Gasteiger partial charge < -0.3 is 10.1 Å². The number of ether oxygens (including phenoxy) is 1. The molecule has 1 aliphatic rings. The summed E-state index contributed by atoms with van der Waals surface area (Å²) in [5.41, 5.74) is 0. The minimum Gasteiger partial charge on any atom is -0.379 e. The first kappa shape index (κ1) is 16.3. The van der Waals surface area contributed by atoms with Gasteiger partial charge in [-0.25, -0.2) is 0 Å². The van der Waals surface area contributed by atoms with E-state index in [4.69, 9.17) is 17.0 Å². The number of halogens is 1. The highest BCUT2D eigenvalue weighted by atomic mass is 35.5. The van der Waals surface area contributed by atoms with Gasteiger partial charge in [0, 0.05) is 13.1 Å². The number of nitrogens with zero attached hydrogens (tertiary/aromatic N) is 1. The molecule has 0 radical (unpaired) electrons. The number of morpholine rings is 1. The summed E-state index contributed by atoms with van der Waals surface area (Å²) in [6.45, 7) is 5.93. The van der Waals surface area contributed by atoms with Crippen LogP contribution in [0.1, 0.15) is 6.92 Å². The highest BCUT2D eigenvalue weighted by Crippen LogP contribution is 2.18. The van der Waals surface area contributed by atoms with E-state index >= 15 is 0 Å². The highest BCUT2D eigenvalue weighted by molar-refractivity contribution is 8.01. The number of rotatable bonds is 2. The molecule has 0 bridgehead atoms. The van der Waals surface area contributed by atoms with E-state index < -0.39 is 0 Å². The van der Waals surface area contributed by atoms with E-state index in [0.29, 0.717) is 0 Å². The third-order valence-electron chi connectivity index (χ3n) is 1.53. The minimum atomic E-state index is 0. The molecule has 2 N–H and O–H groups in total. The Morgan fingerprint density at radius 3 is 2.50 bits per heavy atom. The maximum absolute atomic E-state index is 5.01. The minimum absolute atomic E-state index is 0. The molecule has 0 saturated carbocycles. The van der Waals surface area contributed by atoms with Gasteiger partial charge in [-0.1, -0.05) is 30.0 Å². The largest absolute Gasteiger partial charge is 0.379 e. The van der Waals surface area contributed by atoms with Gasteiger partial charge in [-0.05, 0) is 18.0 Å². The number of nitrogens with one attached hydrogen (secondary N) is 2. The number of hydrogen-bond donors (Lipinski definition) is 2. The van der Waals surface area contributed by atoms with Gasteiger partial charge in [0.05, 0.1) is 13.2 Å². The van der Waals surface area contributed by atoms with Crippen LogP contribution in [-0.4, -0.2) is 42.3 Å². The fourth-order valence-corrected chi connectivity index (χ4v) is 2.90. The third kappa shape index (κ3) is 7.59. The van der Waals surface area contributed by atoms with Crippen LogP contribution in [0.25, 0.3) is 0 Å². The van der Waals surface area contributed by atoms with Crippen molar-refractivity contribution in [3.05, 3.63) is 3.95 Å². The molecule has 0 atom stereocenters. The second kappa shape index (κ2) is 10.5. The summed E-state index contributed by atoms with van der Waals surface area (Å²) in [5.74, 6) is 1.05. The molecular formula is C8H16ClN3OS3. The second-order valence-electron chi connectivity index (χ2n) is 2.67. The van der Waals surface area contributed by atoms with Crippen LogP contribution < -0.4 is 5.32 Å². The molecule has 0 amide bonds. The lowest BCUT2D eigenvalue weighted by molar-refractivity contribution is 0.109. The van der Waals surface area contributed by atoms with Crippen LogP contribution in [0.15, 0.2) is 4.34 Å². The summed E-state index contributed by atoms with van der Waals surface area (Å²) < 4.78 is 6.79. The highest BCUT2D eigenvalue weighted by Gasteiger charge is 1.93. The van der Waals surface area contributed by atoms with Gasteiger partial charge in [0.2, 0.25) is 0 Å². The van der Waals surface area contributed by atoms with Crippen molar-refractivity contribution < 1.29 is 4.74 Å². The Kier molecular flexibility index (Phi) is 10.7. The van der Waals surface area contributed by atoms with Crippen LogP contribution in [0.3, 0.4) is 0 Å². The van der Waals surface area contributed by atoms with Crippen molar-refractivity contribution in [2.75, 3.05) is 32.1 Å². The van der Waals surface area contributed by atoms with E-state index in [0.717, 1.165) is 40.4 Å². The van der Waals surface area contributed by atoms with E-state index in [-0.39, 0.29) is 12.4 Å². The maximum atomic E-state index is 5.01. The van der Waals surface area contributed by atoms with Crippen molar-refractivity contribution in [1.29, 1.82) is 0 Å². The zero-order valence-electron chi connectivity index (χ0n) is 9.02.